The van der Waals surface area contributed by atoms with E-state index in [0.29, 0.717) is 0 Å². The quantitative estimate of drug-likeness (QED) is 0.482. The van der Waals surface area contributed by atoms with Crippen molar-refractivity contribution in [1.82, 2.24) is 10.6 Å². The van der Waals surface area contributed by atoms with Crippen LogP contribution in [0.2, 0.25) is 0 Å². The molecule has 0 bridgehead atoms. The number of hydrogen-bond acceptors (Lipinski definition) is 4. The normalized spacial score (nSPS) is 15.6. The van der Waals surface area contributed by atoms with Gasteiger partial charge in [0.15, 0.2) is 0 Å². The molecule has 0 aliphatic rings. The molecule has 0 saturated heterocycles. The third-order valence-corrected chi connectivity index (χ3v) is 2.49. The summed E-state index contributed by atoms with van der Waals surface area (Å²) in [7, 11) is 0. The summed E-state index contributed by atoms with van der Waals surface area (Å²) in [6.07, 6.45) is 0.854. The van der Waals surface area contributed by atoms with Gasteiger partial charge in [0.1, 0.15) is 0 Å². The Morgan fingerprint density at radius 2 is 1.88 bits per heavy atom. The van der Waals surface area contributed by atoms with Crippen molar-refractivity contribution >= 4 is 5.91 Å². The first-order valence-corrected chi connectivity index (χ1v) is 5.57. The first kappa shape index (κ1) is 15.3. The van der Waals surface area contributed by atoms with Crippen LogP contribution in [0.4, 0.5) is 0 Å². The Labute approximate surface area is 97.2 Å². The SMILES string of the molecule is CCC(C)(C)NC(=O)CNCC(C)(O)CO. The van der Waals surface area contributed by atoms with Gasteiger partial charge < -0.3 is 20.8 Å². The summed E-state index contributed by atoms with van der Waals surface area (Å²) in [6, 6.07) is 0. The number of hydrogen-bond donors (Lipinski definition) is 4. The van der Waals surface area contributed by atoms with Gasteiger partial charge in [0.05, 0.1) is 18.8 Å². The van der Waals surface area contributed by atoms with Gasteiger partial charge in [0.25, 0.3) is 0 Å². The highest BCUT2D eigenvalue weighted by Gasteiger charge is 2.20. The molecule has 0 aromatic carbocycles. The van der Waals surface area contributed by atoms with Gasteiger partial charge in [-0.1, -0.05) is 6.92 Å². The van der Waals surface area contributed by atoms with E-state index in [9.17, 15) is 9.90 Å². The highest BCUT2D eigenvalue weighted by atomic mass is 16.3. The molecule has 1 atom stereocenters. The van der Waals surface area contributed by atoms with E-state index < -0.39 is 5.60 Å². The Morgan fingerprint density at radius 1 is 1.31 bits per heavy atom. The lowest BCUT2D eigenvalue weighted by molar-refractivity contribution is -0.122. The minimum atomic E-state index is -1.18. The van der Waals surface area contributed by atoms with Crippen molar-refractivity contribution in [2.24, 2.45) is 0 Å². The number of aliphatic hydroxyl groups excluding tert-OH is 1. The molecular weight excluding hydrogens is 208 g/mol. The fourth-order valence-corrected chi connectivity index (χ4v) is 1.01. The van der Waals surface area contributed by atoms with Crippen LogP contribution in [0.1, 0.15) is 34.1 Å². The van der Waals surface area contributed by atoms with Crippen molar-refractivity contribution in [3.63, 3.8) is 0 Å². The number of rotatable bonds is 7. The lowest BCUT2D eigenvalue weighted by Crippen LogP contribution is -2.49. The second kappa shape index (κ2) is 6.18. The van der Waals surface area contributed by atoms with Gasteiger partial charge in [-0.2, -0.15) is 0 Å². The summed E-state index contributed by atoms with van der Waals surface area (Å²) < 4.78 is 0. The van der Waals surface area contributed by atoms with E-state index in [2.05, 4.69) is 10.6 Å². The van der Waals surface area contributed by atoms with Gasteiger partial charge in [-0.25, -0.2) is 0 Å². The molecule has 0 spiro atoms. The Hall–Kier alpha value is -0.650. The molecule has 1 unspecified atom stereocenters. The maximum atomic E-state index is 11.5. The minimum absolute atomic E-state index is 0.111. The number of aliphatic hydroxyl groups is 2. The predicted molar refractivity (Wildman–Crippen MR) is 63.1 cm³/mol. The van der Waals surface area contributed by atoms with Gasteiger partial charge in [-0.05, 0) is 27.2 Å². The predicted octanol–water partition coefficient (Wildman–Crippen LogP) is -0.376. The fourth-order valence-electron chi connectivity index (χ4n) is 1.01. The van der Waals surface area contributed by atoms with E-state index in [0.717, 1.165) is 6.42 Å². The Kier molecular flexibility index (Phi) is 5.92. The number of nitrogens with one attached hydrogen (secondary N) is 2. The standard InChI is InChI=1S/C11H24N2O3/c1-5-10(2,3)13-9(15)6-12-7-11(4,16)8-14/h12,14,16H,5-8H2,1-4H3,(H,13,15). The lowest BCUT2D eigenvalue weighted by atomic mass is 10.0. The van der Waals surface area contributed by atoms with Crippen molar-refractivity contribution < 1.29 is 15.0 Å². The molecule has 0 fully saturated rings. The van der Waals surface area contributed by atoms with Crippen molar-refractivity contribution in [2.75, 3.05) is 19.7 Å². The zero-order chi connectivity index (χ0) is 12.8. The molecule has 0 aliphatic carbocycles. The summed E-state index contributed by atoms with van der Waals surface area (Å²) >= 11 is 0. The first-order valence-electron chi connectivity index (χ1n) is 5.57. The van der Waals surface area contributed by atoms with Gasteiger partial charge in [-0.3, -0.25) is 4.79 Å². The van der Waals surface area contributed by atoms with E-state index >= 15 is 0 Å². The van der Waals surface area contributed by atoms with Crippen molar-refractivity contribution in [3.05, 3.63) is 0 Å². The van der Waals surface area contributed by atoms with E-state index in [1.54, 1.807) is 0 Å². The second-order valence-electron chi connectivity index (χ2n) is 5.04. The molecule has 4 N–H and O–H groups in total. The number of carbonyl (C=O) groups excluding carboxylic acids is 1. The highest BCUT2D eigenvalue weighted by Crippen LogP contribution is 2.05. The van der Waals surface area contributed by atoms with Crippen LogP contribution in [0.15, 0.2) is 0 Å². The van der Waals surface area contributed by atoms with E-state index in [-0.39, 0.29) is 31.1 Å². The molecule has 0 aromatic heterocycles. The summed E-state index contributed by atoms with van der Waals surface area (Å²) in [5.74, 6) is -0.111. The van der Waals surface area contributed by atoms with Crippen LogP contribution >= 0.6 is 0 Å². The van der Waals surface area contributed by atoms with Gasteiger partial charge in [-0.15, -0.1) is 0 Å². The van der Waals surface area contributed by atoms with Crippen LogP contribution < -0.4 is 10.6 Å². The smallest absolute Gasteiger partial charge is 0.234 e. The number of carbonyl (C=O) groups is 1. The molecule has 16 heavy (non-hydrogen) atoms. The molecule has 96 valence electrons. The summed E-state index contributed by atoms with van der Waals surface area (Å²) in [5, 5.41) is 23.9. The Balaban J connectivity index is 3.83. The zero-order valence-electron chi connectivity index (χ0n) is 10.6. The molecule has 5 nitrogen and oxygen atoms in total. The van der Waals surface area contributed by atoms with Crippen LogP contribution in [-0.2, 0) is 4.79 Å². The van der Waals surface area contributed by atoms with E-state index in [1.807, 2.05) is 20.8 Å². The number of amides is 1. The van der Waals surface area contributed by atoms with Gasteiger partial charge >= 0.3 is 0 Å². The van der Waals surface area contributed by atoms with Crippen LogP contribution in [0.25, 0.3) is 0 Å². The van der Waals surface area contributed by atoms with Crippen molar-refractivity contribution in [2.45, 2.75) is 45.3 Å². The summed E-state index contributed by atoms with van der Waals surface area (Å²) in [4.78, 5) is 11.5. The van der Waals surface area contributed by atoms with Gasteiger partial charge in [0, 0.05) is 12.1 Å². The highest BCUT2D eigenvalue weighted by molar-refractivity contribution is 5.78. The maximum Gasteiger partial charge on any atom is 0.234 e. The minimum Gasteiger partial charge on any atom is -0.393 e. The lowest BCUT2D eigenvalue weighted by Gasteiger charge is -2.25. The fraction of sp³-hybridized carbons (Fsp3) is 0.909. The average molecular weight is 232 g/mol. The third-order valence-electron chi connectivity index (χ3n) is 2.49. The maximum absolute atomic E-state index is 11.5. The molecule has 5 heteroatoms. The topological polar surface area (TPSA) is 81.6 Å². The first-order chi connectivity index (χ1) is 7.22. The Morgan fingerprint density at radius 3 is 2.31 bits per heavy atom. The summed E-state index contributed by atoms with van der Waals surface area (Å²) in [5.41, 5.74) is -1.39. The average Bonchev–Trinajstić information content (AvgIpc) is 2.17. The van der Waals surface area contributed by atoms with Gasteiger partial charge in [0.2, 0.25) is 5.91 Å². The Bertz CT molecular complexity index is 227. The molecule has 0 radical (unpaired) electrons. The molecule has 0 aromatic rings. The summed E-state index contributed by atoms with van der Waals surface area (Å²) in [6.45, 7) is 7.41. The molecule has 0 rings (SSSR count). The van der Waals surface area contributed by atoms with Crippen LogP contribution in [0.3, 0.4) is 0 Å². The third kappa shape index (κ3) is 6.76. The molecule has 0 saturated carbocycles. The molecular formula is C11H24N2O3. The van der Waals surface area contributed by atoms with Crippen molar-refractivity contribution in [1.29, 1.82) is 0 Å². The van der Waals surface area contributed by atoms with Crippen LogP contribution in [0, 0.1) is 0 Å². The van der Waals surface area contributed by atoms with Crippen LogP contribution in [0.5, 0.6) is 0 Å². The molecule has 1 amide bonds. The van der Waals surface area contributed by atoms with Crippen LogP contribution in [-0.4, -0.2) is 47.0 Å². The van der Waals surface area contributed by atoms with E-state index in [1.165, 1.54) is 6.92 Å². The largest absolute Gasteiger partial charge is 0.393 e. The zero-order valence-corrected chi connectivity index (χ0v) is 10.6. The van der Waals surface area contributed by atoms with Crippen molar-refractivity contribution in [3.8, 4) is 0 Å². The second-order valence-corrected chi connectivity index (χ2v) is 5.04. The molecule has 0 aliphatic heterocycles. The monoisotopic (exact) mass is 232 g/mol. The molecule has 0 heterocycles. The van der Waals surface area contributed by atoms with E-state index in [4.69, 9.17) is 5.11 Å².